The molecule has 0 spiro atoms. The molecule has 0 N–H and O–H groups in total. The summed E-state index contributed by atoms with van der Waals surface area (Å²) in [6.07, 6.45) is 0.567. The summed E-state index contributed by atoms with van der Waals surface area (Å²) >= 11 is 6.06. The van der Waals surface area contributed by atoms with Gasteiger partial charge in [0.25, 0.3) is 5.91 Å². The van der Waals surface area contributed by atoms with Crippen LogP contribution < -0.4 is 10.4 Å². The SMILES string of the molecule is Cc1cc(O[C@H]2CCN(C(=O)c3ccc(-c4cccc(Cl)c4)cc3)C2)cc(=O)o1. The van der Waals surface area contributed by atoms with Crippen molar-refractivity contribution in [2.24, 2.45) is 0 Å². The summed E-state index contributed by atoms with van der Waals surface area (Å²) in [6, 6.07) is 18.1. The van der Waals surface area contributed by atoms with Crippen LogP contribution in [0.15, 0.2) is 69.9 Å². The Morgan fingerprint density at radius 1 is 1.10 bits per heavy atom. The Balaban J connectivity index is 1.41. The number of ether oxygens (including phenoxy) is 1. The van der Waals surface area contributed by atoms with Crippen molar-refractivity contribution in [2.75, 3.05) is 13.1 Å². The van der Waals surface area contributed by atoms with Gasteiger partial charge in [-0.05, 0) is 42.3 Å². The molecule has 1 aliphatic heterocycles. The van der Waals surface area contributed by atoms with Crippen LogP contribution in [0.1, 0.15) is 22.5 Å². The Hall–Kier alpha value is -3.05. The van der Waals surface area contributed by atoms with Crippen molar-refractivity contribution in [1.82, 2.24) is 4.90 Å². The molecule has 148 valence electrons. The summed E-state index contributed by atoms with van der Waals surface area (Å²) in [4.78, 5) is 26.1. The standard InChI is InChI=1S/C23H20ClNO4/c1-15-11-21(13-22(26)28-15)29-20-9-10-25(14-20)23(27)17-7-5-16(6-8-17)18-3-2-4-19(24)12-18/h2-8,11-13,20H,9-10,14H2,1H3/t20-/m0/s1. The number of benzene rings is 2. The van der Waals surface area contributed by atoms with Gasteiger partial charge in [0.05, 0.1) is 12.6 Å². The third-order valence-electron chi connectivity index (χ3n) is 4.89. The van der Waals surface area contributed by atoms with Gasteiger partial charge in [0.1, 0.15) is 17.6 Å². The van der Waals surface area contributed by atoms with E-state index in [2.05, 4.69) is 0 Å². The van der Waals surface area contributed by atoms with Crippen LogP contribution in [0.4, 0.5) is 0 Å². The van der Waals surface area contributed by atoms with Crippen LogP contribution in [0.5, 0.6) is 5.75 Å². The highest BCUT2D eigenvalue weighted by Gasteiger charge is 2.28. The summed E-state index contributed by atoms with van der Waals surface area (Å²) in [5.41, 5.74) is 2.21. The average molecular weight is 410 g/mol. The molecule has 0 saturated carbocycles. The van der Waals surface area contributed by atoms with Gasteiger partial charge in [-0.2, -0.15) is 0 Å². The molecule has 2 aromatic carbocycles. The second-order valence-electron chi connectivity index (χ2n) is 7.09. The summed E-state index contributed by atoms with van der Waals surface area (Å²) in [6.45, 7) is 2.79. The van der Waals surface area contributed by atoms with Crippen molar-refractivity contribution in [3.05, 3.63) is 87.4 Å². The average Bonchev–Trinajstić information content (AvgIpc) is 3.15. The van der Waals surface area contributed by atoms with E-state index in [0.29, 0.717) is 41.6 Å². The van der Waals surface area contributed by atoms with Crippen LogP contribution in [-0.4, -0.2) is 30.0 Å². The van der Waals surface area contributed by atoms with Crippen LogP contribution in [0, 0.1) is 6.92 Å². The Morgan fingerprint density at radius 2 is 1.90 bits per heavy atom. The van der Waals surface area contributed by atoms with Crippen LogP contribution in [0.2, 0.25) is 5.02 Å². The summed E-state index contributed by atoms with van der Waals surface area (Å²) in [7, 11) is 0. The number of aryl methyl sites for hydroxylation is 1. The van der Waals surface area contributed by atoms with Gasteiger partial charge in [0.2, 0.25) is 0 Å². The molecule has 1 atom stereocenters. The van der Waals surface area contributed by atoms with Gasteiger partial charge in [-0.25, -0.2) is 4.79 Å². The first-order chi connectivity index (χ1) is 14.0. The number of hydrogen-bond acceptors (Lipinski definition) is 4. The highest BCUT2D eigenvalue weighted by Crippen LogP contribution is 2.24. The van der Waals surface area contributed by atoms with Crippen LogP contribution in [0.3, 0.4) is 0 Å². The van der Waals surface area contributed by atoms with E-state index in [4.69, 9.17) is 20.8 Å². The fourth-order valence-corrected chi connectivity index (χ4v) is 3.69. The van der Waals surface area contributed by atoms with E-state index >= 15 is 0 Å². The van der Waals surface area contributed by atoms with Crippen molar-refractivity contribution >= 4 is 17.5 Å². The fraction of sp³-hybridized carbons (Fsp3) is 0.217. The normalized spacial score (nSPS) is 16.1. The number of amides is 1. The van der Waals surface area contributed by atoms with E-state index in [1.54, 1.807) is 17.9 Å². The van der Waals surface area contributed by atoms with Crippen molar-refractivity contribution in [3.8, 4) is 16.9 Å². The zero-order chi connectivity index (χ0) is 20.4. The molecule has 29 heavy (non-hydrogen) atoms. The molecule has 0 unspecified atom stereocenters. The quantitative estimate of drug-likeness (QED) is 0.633. The van der Waals surface area contributed by atoms with Gasteiger partial charge in [-0.3, -0.25) is 4.79 Å². The summed E-state index contributed by atoms with van der Waals surface area (Å²) < 4.78 is 10.8. The minimum atomic E-state index is -0.439. The zero-order valence-corrected chi connectivity index (χ0v) is 16.7. The molecule has 4 rings (SSSR count). The Kier molecular flexibility index (Phi) is 5.41. The van der Waals surface area contributed by atoms with E-state index in [1.165, 1.54) is 6.07 Å². The van der Waals surface area contributed by atoms with Crippen LogP contribution >= 0.6 is 11.6 Å². The molecule has 1 aliphatic rings. The number of carbonyl (C=O) groups excluding carboxylic acids is 1. The second-order valence-corrected chi connectivity index (χ2v) is 7.53. The molecule has 1 saturated heterocycles. The molecular formula is C23H20ClNO4. The van der Waals surface area contributed by atoms with Gasteiger partial charge in [-0.15, -0.1) is 0 Å². The molecule has 2 heterocycles. The van der Waals surface area contributed by atoms with E-state index in [9.17, 15) is 9.59 Å². The second kappa shape index (κ2) is 8.13. The Bertz CT molecular complexity index is 1090. The number of nitrogens with zero attached hydrogens (tertiary/aromatic N) is 1. The minimum absolute atomic E-state index is 0.0301. The monoisotopic (exact) mass is 409 g/mol. The first-order valence-corrected chi connectivity index (χ1v) is 9.79. The maximum atomic E-state index is 12.8. The lowest BCUT2D eigenvalue weighted by Gasteiger charge is -2.17. The first-order valence-electron chi connectivity index (χ1n) is 9.42. The lowest BCUT2D eigenvalue weighted by atomic mass is 10.0. The molecule has 1 amide bonds. The predicted octanol–water partition coefficient (Wildman–Crippen LogP) is 4.56. The maximum absolute atomic E-state index is 12.8. The Labute approximate surface area is 173 Å². The van der Waals surface area contributed by atoms with Crippen LogP contribution in [-0.2, 0) is 0 Å². The molecule has 0 bridgehead atoms. The largest absolute Gasteiger partial charge is 0.488 e. The molecule has 1 aromatic heterocycles. The molecule has 0 aliphatic carbocycles. The van der Waals surface area contributed by atoms with E-state index in [-0.39, 0.29) is 12.0 Å². The third-order valence-corrected chi connectivity index (χ3v) is 5.13. The van der Waals surface area contributed by atoms with Gasteiger partial charge in [0.15, 0.2) is 0 Å². The minimum Gasteiger partial charge on any atom is -0.488 e. The number of rotatable bonds is 4. The topological polar surface area (TPSA) is 59.8 Å². The number of likely N-dealkylation sites (tertiary alicyclic amines) is 1. The summed E-state index contributed by atoms with van der Waals surface area (Å²) in [5.74, 6) is 0.944. The van der Waals surface area contributed by atoms with Gasteiger partial charge in [-0.1, -0.05) is 35.9 Å². The molecule has 0 radical (unpaired) electrons. The third kappa shape index (κ3) is 4.51. The fourth-order valence-electron chi connectivity index (χ4n) is 3.50. The van der Waals surface area contributed by atoms with Crippen molar-refractivity contribution in [3.63, 3.8) is 0 Å². The Morgan fingerprint density at radius 3 is 2.62 bits per heavy atom. The summed E-state index contributed by atoms with van der Waals surface area (Å²) in [5, 5.41) is 0.678. The van der Waals surface area contributed by atoms with Crippen LogP contribution in [0.25, 0.3) is 11.1 Å². The molecule has 6 heteroatoms. The lowest BCUT2D eigenvalue weighted by Crippen LogP contribution is -2.31. The van der Waals surface area contributed by atoms with Gasteiger partial charge in [0, 0.05) is 29.6 Å². The number of halogens is 1. The number of hydrogen-bond donors (Lipinski definition) is 0. The van der Waals surface area contributed by atoms with Crippen molar-refractivity contribution < 1.29 is 13.9 Å². The van der Waals surface area contributed by atoms with E-state index in [1.807, 2.05) is 48.5 Å². The first kappa shape index (κ1) is 19.3. The molecule has 3 aromatic rings. The van der Waals surface area contributed by atoms with Crippen molar-refractivity contribution in [2.45, 2.75) is 19.4 Å². The van der Waals surface area contributed by atoms with E-state index < -0.39 is 5.63 Å². The van der Waals surface area contributed by atoms with Gasteiger partial charge >= 0.3 is 5.63 Å². The lowest BCUT2D eigenvalue weighted by molar-refractivity contribution is 0.0772. The highest BCUT2D eigenvalue weighted by molar-refractivity contribution is 6.30. The van der Waals surface area contributed by atoms with Gasteiger partial charge < -0.3 is 14.1 Å². The zero-order valence-electron chi connectivity index (χ0n) is 15.9. The maximum Gasteiger partial charge on any atom is 0.339 e. The molecular weight excluding hydrogens is 390 g/mol. The van der Waals surface area contributed by atoms with Crippen molar-refractivity contribution in [1.29, 1.82) is 0 Å². The molecule has 5 nitrogen and oxygen atoms in total. The van der Waals surface area contributed by atoms with E-state index in [0.717, 1.165) is 11.1 Å². The smallest absolute Gasteiger partial charge is 0.339 e. The highest BCUT2D eigenvalue weighted by atomic mass is 35.5. The number of carbonyl (C=O) groups is 1. The predicted molar refractivity (Wildman–Crippen MR) is 112 cm³/mol. The molecule has 1 fully saturated rings.